The van der Waals surface area contributed by atoms with E-state index in [2.05, 4.69) is 32.9 Å². The van der Waals surface area contributed by atoms with E-state index in [0.717, 1.165) is 12.2 Å². The zero-order valence-electron chi connectivity index (χ0n) is 10.1. The fourth-order valence-electron chi connectivity index (χ4n) is 1.56. The van der Waals surface area contributed by atoms with Gasteiger partial charge in [0.15, 0.2) is 0 Å². The van der Waals surface area contributed by atoms with E-state index in [1.807, 2.05) is 6.07 Å². The van der Waals surface area contributed by atoms with Gasteiger partial charge in [-0.15, -0.1) is 0 Å². The van der Waals surface area contributed by atoms with Gasteiger partial charge in [0.2, 0.25) is 0 Å². The fraction of sp³-hybridized carbons (Fsp3) is 0.538. The van der Waals surface area contributed by atoms with E-state index in [9.17, 15) is 0 Å². The molecular formula is C13H21NO. The van der Waals surface area contributed by atoms with Gasteiger partial charge in [0, 0.05) is 6.04 Å². The standard InChI is InChI=1S/C13H21NO/c1-9(2)12(14)8-11-7-10(3)5-6-13(11)15-4/h5-7,9,12H,8,14H2,1-4H3/t12-/m1/s1. The monoisotopic (exact) mass is 207 g/mol. The lowest BCUT2D eigenvalue weighted by Crippen LogP contribution is -2.28. The molecule has 0 bridgehead atoms. The van der Waals surface area contributed by atoms with E-state index in [1.165, 1.54) is 11.1 Å². The normalized spacial score (nSPS) is 12.9. The first kappa shape index (κ1) is 12.1. The maximum atomic E-state index is 6.07. The number of aryl methyl sites for hydroxylation is 1. The number of rotatable bonds is 4. The van der Waals surface area contributed by atoms with Crippen molar-refractivity contribution in [2.75, 3.05) is 7.11 Å². The van der Waals surface area contributed by atoms with Crippen molar-refractivity contribution in [1.82, 2.24) is 0 Å². The average Bonchev–Trinajstić information content (AvgIpc) is 2.18. The summed E-state index contributed by atoms with van der Waals surface area (Å²) in [5.41, 5.74) is 8.53. The largest absolute Gasteiger partial charge is 0.496 e. The summed E-state index contributed by atoms with van der Waals surface area (Å²) >= 11 is 0. The van der Waals surface area contributed by atoms with Crippen LogP contribution in [0.1, 0.15) is 25.0 Å². The SMILES string of the molecule is COc1ccc(C)cc1C[C@@H](N)C(C)C. The van der Waals surface area contributed by atoms with Gasteiger partial charge in [0.25, 0.3) is 0 Å². The fourth-order valence-corrected chi connectivity index (χ4v) is 1.56. The molecule has 0 radical (unpaired) electrons. The molecule has 0 amide bonds. The van der Waals surface area contributed by atoms with Crippen LogP contribution in [-0.2, 0) is 6.42 Å². The Kier molecular flexibility index (Phi) is 4.15. The summed E-state index contributed by atoms with van der Waals surface area (Å²) in [4.78, 5) is 0. The molecule has 0 saturated carbocycles. The Morgan fingerprint density at radius 1 is 1.33 bits per heavy atom. The minimum atomic E-state index is 0.195. The Morgan fingerprint density at radius 2 is 2.00 bits per heavy atom. The van der Waals surface area contributed by atoms with E-state index in [-0.39, 0.29) is 6.04 Å². The van der Waals surface area contributed by atoms with Crippen LogP contribution in [0.25, 0.3) is 0 Å². The van der Waals surface area contributed by atoms with E-state index in [1.54, 1.807) is 7.11 Å². The number of hydrogen-bond donors (Lipinski definition) is 1. The van der Waals surface area contributed by atoms with Crippen LogP contribution in [0.4, 0.5) is 0 Å². The summed E-state index contributed by atoms with van der Waals surface area (Å²) in [5, 5.41) is 0. The predicted octanol–water partition coefficient (Wildman–Crippen LogP) is 2.53. The third kappa shape index (κ3) is 3.24. The van der Waals surface area contributed by atoms with Crippen molar-refractivity contribution in [3.63, 3.8) is 0 Å². The lowest BCUT2D eigenvalue weighted by molar-refractivity contribution is 0.403. The van der Waals surface area contributed by atoms with E-state index < -0.39 is 0 Å². The van der Waals surface area contributed by atoms with Crippen LogP contribution < -0.4 is 10.5 Å². The van der Waals surface area contributed by atoms with Crippen molar-refractivity contribution in [2.24, 2.45) is 11.7 Å². The Balaban J connectivity index is 2.87. The van der Waals surface area contributed by atoms with Crippen molar-refractivity contribution >= 4 is 0 Å². The molecule has 0 saturated heterocycles. The molecule has 0 spiro atoms. The molecule has 1 atom stereocenters. The first-order valence-corrected chi connectivity index (χ1v) is 5.43. The second-order valence-corrected chi connectivity index (χ2v) is 4.43. The van der Waals surface area contributed by atoms with Crippen molar-refractivity contribution in [3.05, 3.63) is 29.3 Å². The maximum absolute atomic E-state index is 6.07. The molecule has 15 heavy (non-hydrogen) atoms. The van der Waals surface area contributed by atoms with Crippen molar-refractivity contribution in [3.8, 4) is 5.75 Å². The molecule has 0 aliphatic heterocycles. The van der Waals surface area contributed by atoms with Gasteiger partial charge in [0.1, 0.15) is 5.75 Å². The topological polar surface area (TPSA) is 35.2 Å². The highest BCUT2D eigenvalue weighted by Gasteiger charge is 2.11. The molecule has 0 aliphatic rings. The molecule has 1 rings (SSSR count). The summed E-state index contributed by atoms with van der Waals surface area (Å²) in [7, 11) is 1.70. The molecule has 2 N–H and O–H groups in total. The van der Waals surface area contributed by atoms with Gasteiger partial charge in [-0.3, -0.25) is 0 Å². The Hall–Kier alpha value is -1.02. The maximum Gasteiger partial charge on any atom is 0.122 e. The van der Waals surface area contributed by atoms with Crippen LogP contribution in [0, 0.1) is 12.8 Å². The first-order valence-electron chi connectivity index (χ1n) is 5.43. The smallest absolute Gasteiger partial charge is 0.122 e. The van der Waals surface area contributed by atoms with Gasteiger partial charge in [0.05, 0.1) is 7.11 Å². The average molecular weight is 207 g/mol. The molecule has 0 fully saturated rings. The van der Waals surface area contributed by atoms with Crippen LogP contribution in [0.5, 0.6) is 5.75 Å². The molecular weight excluding hydrogens is 186 g/mol. The minimum Gasteiger partial charge on any atom is -0.496 e. The van der Waals surface area contributed by atoms with Crippen LogP contribution >= 0.6 is 0 Å². The third-order valence-electron chi connectivity index (χ3n) is 2.75. The molecule has 0 aromatic heterocycles. The van der Waals surface area contributed by atoms with E-state index >= 15 is 0 Å². The van der Waals surface area contributed by atoms with Crippen LogP contribution in [0.3, 0.4) is 0 Å². The van der Waals surface area contributed by atoms with Gasteiger partial charge < -0.3 is 10.5 Å². The second-order valence-electron chi connectivity index (χ2n) is 4.43. The number of nitrogens with two attached hydrogens (primary N) is 1. The van der Waals surface area contributed by atoms with Crippen LogP contribution in [0.2, 0.25) is 0 Å². The molecule has 1 aromatic carbocycles. The lowest BCUT2D eigenvalue weighted by Gasteiger charge is -2.17. The van der Waals surface area contributed by atoms with Crippen molar-refractivity contribution in [1.29, 1.82) is 0 Å². The van der Waals surface area contributed by atoms with Gasteiger partial charge >= 0.3 is 0 Å². The summed E-state index contributed by atoms with van der Waals surface area (Å²) in [6.45, 7) is 6.38. The van der Waals surface area contributed by atoms with Crippen molar-refractivity contribution in [2.45, 2.75) is 33.2 Å². The summed E-state index contributed by atoms with van der Waals surface area (Å²) in [5.74, 6) is 1.44. The van der Waals surface area contributed by atoms with E-state index in [4.69, 9.17) is 10.5 Å². The third-order valence-corrected chi connectivity index (χ3v) is 2.75. The second kappa shape index (κ2) is 5.17. The number of benzene rings is 1. The lowest BCUT2D eigenvalue weighted by atomic mass is 9.96. The highest BCUT2D eigenvalue weighted by Crippen LogP contribution is 2.22. The molecule has 0 aliphatic carbocycles. The molecule has 84 valence electrons. The highest BCUT2D eigenvalue weighted by atomic mass is 16.5. The van der Waals surface area contributed by atoms with Gasteiger partial charge in [-0.2, -0.15) is 0 Å². The number of hydrogen-bond acceptors (Lipinski definition) is 2. The zero-order valence-corrected chi connectivity index (χ0v) is 10.1. The number of ether oxygens (including phenoxy) is 1. The molecule has 2 nitrogen and oxygen atoms in total. The summed E-state index contributed by atoms with van der Waals surface area (Å²) < 4.78 is 5.33. The zero-order chi connectivity index (χ0) is 11.4. The quantitative estimate of drug-likeness (QED) is 0.823. The van der Waals surface area contributed by atoms with E-state index in [0.29, 0.717) is 5.92 Å². The van der Waals surface area contributed by atoms with Crippen LogP contribution in [-0.4, -0.2) is 13.2 Å². The molecule has 0 unspecified atom stereocenters. The minimum absolute atomic E-state index is 0.195. The van der Waals surface area contributed by atoms with Crippen molar-refractivity contribution < 1.29 is 4.74 Å². The predicted molar refractivity (Wildman–Crippen MR) is 64.2 cm³/mol. The van der Waals surface area contributed by atoms with Gasteiger partial charge in [-0.1, -0.05) is 31.5 Å². The van der Waals surface area contributed by atoms with Gasteiger partial charge in [-0.25, -0.2) is 0 Å². The van der Waals surface area contributed by atoms with Crippen LogP contribution in [0.15, 0.2) is 18.2 Å². The Labute approximate surface area is 92.4 Å². The molecule has 0 heterocycles. The Bertz CT molecular complexity index is 320. The molecule has 1 aromatic rings. The first-order chi connectivity index (χ1) is 7.04. The highest BCUT2D eigenvalue weighted by molar-refractivity contribution is 5.37. The molecule has 2 heteroatoms. The Morgan fingerprint density at radius 3 is 2.53 bits per heavy atom. The summed E-state index contributed by atoms with van der Waals surface area (Å²) in [6, 6.07) is 6.42. The van der Waals surface area contributed by atoms with Gasteiger partial charge in [-0.05, 0) is 30.9 Å². The number of methoxy groups -OCH3 is 1. The summed E-state index contributed by atoms with van der Waals surface area (Å²) in [6.07, 6.45) is 0.878.